The Morgan fingerprint density at radius 1 is 1.04 bits per heavy atom. The van der Waals surface area contributed by atoms with E-state index in [-0.39, 0.29) is 30.2 Å². The number of ketones is 2. The van der Waals surface area contributed by atoms with E-state index in [1.165, 1.54) is 17.0 Å². The first-order valence-corrected chi connectivity index (χ1v) is 18.0. The van der Waals surface area contributed by atoms with Crippen LogP contribution >= 0.6 is 0 Å². The molecule has 3 atom stereocenters. The molecule has 1 aromatic heterocycles. The summed E-state index contributed by atoms with van der Waals surface area (Å²) in [6, 6.07) is 12.1. The van der Waals surface area contributed by atoms with Crippen molar-refractivity contribution in [1.29, 1.82) is 0 Å². The Labute approximate surface area is 280 Å². The third-order valence-corrected chi connectivity index (χ3v) is 10.3. The minimum atomic E-state index is -4.02. The van der Waals surface area contributed by atoms with Gasteiger partial charge >= 0.3 is 6.09 Å². The van der Waals surface area contributed by atoms with Gasteiger partial charge in [0.2, 0.25) is 21.7 Å². The number of ether oxygens (including phenoxy) is 1. The lowest BCUT2D eigenvalue weighted by atomic mass is 9.89. The molecule has 2 fully saturated rings. The van der Waals surface area contributed by atoms with Gasteiger partial charge in [0.25, 0.3) is 5.89 Å². The number of oxazole rings is 1. The van der Waals surface area contributed by atoms with Crippen LogP contribution in [0.25, 0.3) is 11.1 Å². The molecule has 0 saturated carbocycles. The van der Waals surface area contributed by atoms with Crippen molar-refractivity contribution in [3.63, 3.8) is 0 Å². The van der Waals surface area contributed by atoms with E-state index < -0.39 is 58.2 Å². The number of nitrogens with two attached hydrogens (primary N) is 1. The molecule has 0 bridgehead atoms. The number of Topliss-reactive ketones (excluding diaryl/α,β-unsaturated/α-hetero) is 2. The summed E-state index contributed by atoms with van der Waals surface area (Å²) < 4.78 is 39.7. The van der Waals surface area contributed by atoms with E-state index in [2.05, 4.69) is 9.71 Å². The van der Waals surface area contributed by atoms with Gasteiger partial charge in [-0.15, -0.1) is 0 Å². The molecule has 2 amide bonds. The van der Waals surface area contributed by atoms with Gasteiger partial charge in [-0.05, 0) is 69.8 Å². The number of nitrogens with zero attached hydrogens (tertiary/aromatic N) is 3. The summed E-state index contributed by atoms with van der Waals surface area (Å²) in [4.78, 5) is 61.4. The van der Waals surface area contributed by atoms with Crippen molar-refractivity contribution in [2.75, 3.05) is 32.7 Å². The number of hydrogen-bond donors (Lipinski definition) is 2. The zero-order valence-corrected chi connectivity index (χ0v) is 28.0. The van der Waals surface area contributed by atoms with E-state index in [1.807, 2.05) is 6.92 Å². The molecule has 14 heteroatoms. The SMILES string of the molecule is Cc1ccc(S(=O)(=O)NCC(=O)N2C[C@H](OC(=O)N3CCCCC3)C[C@H]2C(=O)C[C@@H](CCCCN)C(=O)c2nc3ccccc3o2)cc1. The largest absolute Gasteiger partial charge is 0.444 e. The molecule has 0 aliphatic carbocycles. The number of aryl methyl sites for hydroxylation is 1. The third kappa shape index (κ3) is 8.65. The van der Waals surface area contributed by atoms with Crippen LogP contribution in [-0.4, -0.2) is 91.6 Å². The molecular formula is C34H43N5O8S. The Bertz CT molecular complexity index is 1690. The Morgan fingerprint density at radius 2 is 1.77 bits per heavy atom. The van der Waals surface area contributed by atoms with Crippen LogP contribution < -0.4 is 10.5 Å². The second-order valence-electron chi connectivity index (χ2n) is 12.5. The molecule has 3 aromatic rings. The fraction of sp³-hybridized carbons (Fsp3) is 0.500. The van der Waals surface area contributed by atoms with Crippen LogP contribution in [0.4, 0.5) is 4.79 Å². The first kappa shape index (κ1) is 35.2. The molecular weight excluding hydrogens is 638 g/mol. The van der Waals surface area contributed by atoms with E-state index in [9.17, 15) is 27.6 Å². The van der Waals surface area contributed by atoms with Crippen LogP contribution in [0.5, 0.6) is 0 Å². The molecule has 0 unspecified atom stereocenters. The van der Waals surface area contributed by atoms with E-state index in [1.54, 1.807) is 41.3 Å². The highest BCUT2D eigenvalue weighted by Crippen LogP contribution is 2.28. The molecule has 13 nitrogen and oxygen atoms in total. The molecule has 2 aliphatic heterocycles. The summed E-state index contributed by atoms with van der Waals surface area (Å²) in [7, 11) is -4.02. The van der Waals surface area contributed by atoms with Gasteiger partial charge in [0.1, 0.15) is 11.6 Å². The quantitative estimate of drug-likeness (QED) is 0.188. The van der Waals surface area contributed by atoms with Crippen molar-refractivity contribution >= 4 is 44.7 Å². The van der Waals surface area contributed by atoms with Gasteiger partial charge in [0.15, 0.2) is 11.4 Å². The summed E-state index contributed by atoms with van der Waals surface area (Å²) in [6.45, 7) is 2.70. The molecule has 2 saturated heterocycles. The fourth-order valence-corrected chi connectivity index (χ4v) is 7.18. The zero-order valence-electron chi connectivity index (χ0n) is 27.1. The van der Waals surface area contributed by atoms with Crippen molar-refractivity contribution in [3.8, 4) is 0 Å². The first-order chi connectivity index (χ1) is 23.1. The molecule has 0 radical (unpaired) electrons. The highest BCUT2D eigenvalue weighted by molar-refractivity contribution is 7.89. The second-order valence-corrected chi connectivity index (χ2v) is 14.3. The van der Waals surface area contributed by atoms with Crippen LogP contribution in [0, 0.1) is 12.8 Å². The minimum Gasteiger partial charge on any atom is -0.444 e. The van der Waals surface area contributed by atoms with Gasteiger partial charge in [-0.2, -0.15) is 0 Å². The number of aromatic nitrogens is 1. The standard InChI is InChI=1S/C34H43N5O8S/c1-23-12-14-26(15-13-23)48(44,45)36-21-31(41)39-22-25(46-34(43)38-17-7-2-8-18-38)20-28(39)29(40)19-24(9-5-6-16-35)32(42)33-37-27-10-3-4-11-30(27)47-33/h3-4,10-15,24-25,28,36H,2,5-9,16-22,35H2,1H3/t24-,25-,28+/m1/s1. The monoisotopic (exact) mass is 681 g/mol. The zero-order chi connectivity index (χ0) is 34.3. The number of rotatable bonds is 14. The highest BCUT2D eigenvalue weighted by atomic mass is 32.2. The molecule has 2 aromatic carbocycles. The summed E-state index contributed by atoms with van der Waals surface area (Å²) in [5, 5.41) is 0. The number of piperidine rings is 1. The van der Waals surface area contributed by atoms with Gasteiger partial charge in [-0.3, -0.25) is 14.4 Å². The number of likely N-dealkylation sites (tertiary alicyclic amines) is 2. The van der Waals surface area contributed by atoms with Gasteiger partial charge < -0.3 is 24.7 Å². The van der Waals surface area contributed by atoms with Gasteiger partial charge in [0, 0.05) is 31.8 Å². The summed E-state index contributed by atoms with van der Waals surface area (Å²) >= 11 is 0. The van der Waals surface area contributed by atoms with Gasteiger partial charge in [0.05, 0.1) is 24.0 Å². The van der Waals surface area contributed by atoms with Gasteiger partial charge in [-0.1, -0.05) is 36.2 Å². The Hall–Kier alpha value is -4.14. The normalized spacial score (nSPS) is 19.0. The van der Waals surface area contributed by atoms with Crippen LogP contribution in [-0.2, 0) is 24.3 Å². The number of amides is 2. The number of sulfonamides is 1. The summed E-state index contributed by atoms with van der Waals surface area (Å²) in [5.41, 5.74) is 7.55. The number of benzene rings is 2. The smallest absolute Gasteiger partial charge is 0.410 e. The van der Waals surface area contributed by atoms with Crippen LogP contribution in [0.15, 0.2) is 57.8 Å². The maximum Gasteiger partial charge on any atom is 0.410 e. The third-order valence-electron chi connectivity index (χ3n) is 8.91. The number of fused-ring (bicyclic) bond motifs is 1. The maximum atomic E-state index is 14.0. The number of unbranched alkanes of at least 4 members (excludes halogenated alkanes) is 1. The minimum absolute atomic E-state index is 0.00122. The molecule has 3 N–H and O–H groups in total. The number of nitrogens with one attached hydrogen (secondary N) is 1. The summed E-state index contributed by atoms with van der Waals surface area (Å²) in [6.07, 6.45) is 2.88. The van der Waals surface area contributed by atoms with E-state index in [0.29, 0.717) is 50.0 Å². The molecule has 0 spiro atoms. The van der Waals surface area contributed by atoms with Crippen molar-refractivity contribution in [1.82, 2.24) is 19.5 Å². The summed E-state index contributed by atoms with van der Waals surface area (Å²) in [5.74, 6) is -2.36. The molecule has 258 valence electrons. The van der Waals surface area contributed by atoms with Crippen molar-refractivity contribution < 1.29 is 36.7 Å². The average Bonchev–Trinajstić information content (AvgIpc) is 3.72. The lowest BCUT2D eigenvalue weighted by molar-refractivity contribution is -0.137. The maximum absolute atomic E-state index is 14.0. The van der Waals surface area contributed by atoms with Gasteiger partial charge in [-0.25, -0.2) is 22.9 Å². The number of carbonyl (C=O) groups excluding carboxylic acids is 4. The first-order valence-electron chi connectivity index (χ1n) is 16.5. The van der Waals surface area contributed by atoms with E-state index in [0.717, 1.165) is 24.8 Å². The number of hydrogen-bond acceptors (Lipinski definition) is 10. The molecule has 48 heavy (non-hydrogen) atoms. The number of para-hydroxylation sites is 2. The Kier molecular flexibility index (Phi) is 11.6. The predicted molar refractivity (Wildman–Crippen MR) is 177 cm³/mol. The molecule has 3 heterocycles. The lowest BCUT2D eigenvalue weighted by Gasteiger charge is -2.27. The van der Waals surface area contributed by atoms with E-state index >= 15 is 0 Å². The van der Waals surface area contributed by atoms with E-state index in [4.69, 9.17) is 14.9 Å². The van der Waals surface area contributed by atoms with Crippen molar-refractivity contribution in [3.05, 3.63) is 60.0 Å². The van der Waals surface area contributed by atoms with Crippen LogP contribution in [0.1, 0.15) is 67.6 Å². The van der Waals surface area contributed by atoms with Crippen molar-refractivity contribution in [2.24, 2.45) is 11.7 Å². The molecule has 5 rings (SSSR count). The second kappa shape index (κ2) is 15.8. The topological polar surface area (TPSA) is 182 Å². The Balaban J connectivity index is 1.33. The number of carbonyl (C=O) groups is 4. The van der Waals surface area contributed by atoms with Crippen molar-refractivity contribution in [2.45, 2.75) is 75.3 Å². The molecule has 2 aliphatic rings. The Morgan fingerprint density at radius 3 is 2.48 bits per heavy atom. The predicted octanol–water partition coefficient (Wildman–Crippen LogP) is 3.59. The lowest BCUT2D eigenvalue weighted by Crippen LogP contribution is -2.46. The fourth-order valence-electron chi connectivity index (χ4n) is 6.21. The average molecular weight is 682 g/mol. The highest BCUT2D eigenvalue weighted by Gasteiger charge is 2.43. The van der Waals surface area contributed by atoms with Crippen LogP contribution in [0.3, 0.4) is 0 Å². The van der Waals surface area contributed by atoms with Crippen LogP contribution in [0.2, 0.25) is 0 Å².